The van der Waals surface area contributed by atoms with E-state index in [9.17, 15) is 28.4 Å². The van der Waals surface area contributed by atoms with Gasteiger partial charge in [-0.3, -0.25) is 24.2 Å². The molecule has 44 heavy (non-hydrogen) atoms. The lowest BCUT2D eigenvalue weighted by atomic mass is 9.87. The Balaban J connectivity index is 1.44. The maximum absolute atomic E-state index is 14.7. The lowest BCUT2D eigenvalue weighted by Crippen LogP contribution is -2.56. The van der Waals surface area contributed by atoms with Crippen molar-refractivity contribution in [3.8, 4) is 11.8 Å². The zero-order valence-corrected chi connectivity index (χ0v) is 24.1. The van der Waals surface area contributed by atoms with Gasteiger partial charge in [-0.15, -0.1) is 0 Å². The molecule has 2 atom stereocenters. The smallest absolute Gasteiger partial charge is 0.252 e. The molecular weight excluding hydrogens is 594 g/mol. The highest BCUT2D eigenvalue weighted by Crippen LogP contribution is 2.40. The second-order valence-electron chi connectivity index (χ2n) is 11.1. The maximum atomic E-state index is 14.7. The molecule has 2 heterocycles. The van der Waals surface area contributed by atoms with Crippen molar-refractivity contribution in [1.82, 2.24) is 15.3 Å². The van der Waals surface area contributed by atoms with Gasteiger partial charge in [0.05, 0.1) is 6.10 Å². The SMILES string of the molecule is N#Cc1ccnc(N2C(=O)CC[C@H]2C(=O)N(c2cccc(OC3CC3)c2)C(C(=O)NC2CC(F)(F)C2)c2ccccc2Cl)n1. The highest BCUT2D eigenvalue weighted by molar-refractivity contribution is 6.31. The molecule has 3 amide bonds. The van der Waals surface area contributed by atoms with Gasteiger partial charge in [-0.25, -0.2) is 18.7 Å². The Kier molecular flexibility index (Phi) is 7.90. The second kappa shape index (κ2) is 11.8. The Morgan fingerprint density at radius 3 is 2.61 bits per heavy atom. The largest absolute Gasteiger partial charge is 0.490 e. The van der Waals surface area contributed by atoms with Crippen LogP contribution in [-0.4, -0.2) is 51.8 Å². The molecule has 1 saturated heterocycles. The summed E-state index contributed by atoms with van der Waals surface area (Å²) >= 11 is 6.60. The van der Waals surface area contributed by atoms with Crippen molar-refractivity contribution in [1.29, 1.82) is 5.26 Å². The molecule has 2 aromatic carbocycles. The third-order valence-corrected chi connectivity index (χ3v) is 8.12. The molecule has 10 nitrogen and oxygen atoms in total. The van der Waals surface area contributed by atoms with Crippen molar-refractivity contribution in [3.05, 3.63) is 77.1 Å². The van der Waals surface area contributed by atoms with Gasteiger partial charge in [0.1, 0.15) is 29.6 Å². The monoisotopic (exact) mass is 620 g/mol. The minimum atomic E-state index is -2.88. The van der Waals surface area contributed by atoms with Crippen molar-refractivity contribution in [2.45, 2.75) is 68.7 Å². The van der Waals surface area contributed by atoms with Crippen molar-refractivity contribution < 1.29 is 27.9 Å². The molecular formula is C31H27ClF2N6O4. The number of benzene rings is 2. The predicted molar refractivity (Wildman–Crippen MR) is 155 cm³/mol. The van der Waals surface area contributed by atoms with Gasteiger partial charge in [-0.1, -0.05) is 35.9 Å². The van der Waals surface area contributed by atoms with E-state index in [1.54, 1.807) is 48.5 Å². The summed E-state index contributed by atoms with van der Waals surface area (Å²) in [5.74, 6) is -4.32. The summed E-state index contributed by atoms with van der Waals surface area (Å²) in [7, 11) is 0. The minimum Gasteiger partial charge on any atom is -0.490 e. The number of nitriles is 1. The number of anilines is 2. The quantitative estimate of drug-likeness (QED) is 0.366. The molecule has 6 rings (SSSR count). The fraction of sp³-hybridized carbons (Fsp3) is 0.355. The summed E-state index contributed by atoms with van der Waals surface area (Å²) in [6, 6.07) is 13.1. The molecule has 2 saturated carbocycles. The van der Waals surface area contributed by atoms with Gasteiger partial charge in [0, 0.05) is 53.8 Å². The molecule has 1 aromatic heterocycles. The van der Waals surface area contributed by atoms with Crippen molar-refractivity contribution in [3.63, 3.8) is 0 Å². The minimum absolute atomic E-state index is 0.00463. The summed E-state index contributed by atoms with van der Waals surface area (Å²) in [4.78, 5) is 52.5. The van der Waals surface area contributed by atoms with Gasteiger partial charge in [0.15, 0.2) is 0 Å². The Bertz CT molecular complexity index is 1650. The molecule has 226 valence electrons. The van der Waals surface area contributed by atoms with Crippen LogP contribution in [0.3, 0.4) is 0 Å². The van der Waals surface area contributed by atoms with Crippen LogP contribution < -0.4 is 19.9 Å². The topological polar surface area (TPSA) is 129 Å². The van der Waals surface area contributed by atoms with Crippen molar-refractivity contribution in [2.24, 2.45) is 0 Å². The van der Waals surface area contributed by atoms with Crippen LogP contribution in [0.2, 0.25) is 5.02 Å². The van der Waals surface area contributed by atoms with Gasteiger partial charge in [0.25, 0.3) is 11.8 Å². The number of aromatic nitrogens is 2. The predicted octanol–water partition coefficient (Wildman–Crippen LogP) is 4.73. The van der Waals surface area contributed by atoms with Crippen LogP contribution in [0, 0.1) is 11.3 Å². The van der Waals surface area contributed by atoms with Crippen molar-refractivity contribution in [2.75, 3.05) is 9.80 Å². The van der Waals surface area contributed by atoms with Crippen LogP contribution in [0.1, 0.15) is 55.8 Å². The zero-order valence-electron chi connectivity index (χ0n) is 23.3. The third-order valence-electron chi connectivity index (χ3n) is 7.77. The van der Waals surface area contributed by atoms with E-state index in [1.807, 2.05) is 6.07 Å². The fourth-order valence-corrected chi connectivity index (χ4v) is 5.72. The molecule has 1 unspecified atom stereocenters. The first-order valence-corrected chi connectivity index (χ1v) is 14.6. The Morgan fingerprint density at radius 2 is 1.91 bits per heavy atom. The highest BCUT2D eigenvalue weighted by Gasteiger charge is 2.49. The average molecular weight is 621 g/mol. The number of rotatable bonds is 9. The van der Waals surface area contributed by atoms with Crippen LogP contribution in [0.4, 0.5) is 20.4 Å². The maximum Gasteiger partial charge on any atom is 0.252 e. The molecule has 3 aliphatic rings. The van der Waals surface area contributed by atoms with Gasteiger partial charge in [0.2, 0.25) is 17.8 Å². The van der Waals surface area contributed by atoms with E-state index in [1.165, 1.54) is 17.2 Å². The van der Waals surface area contributed by atoms with Gasteiger partial charge in [-0.2, -0.15) is 5.26 Å². The van der Waals surface area contributed by atoms with E-state index < -0.39 is 54.6 Å². The molecule has 0 spiro atoms. The lowest BCUT2D eigenvalue weighted by molar-refractivity contribution is -0.133. The first kappa shape index (κ1) is 29.4. The highest BCUT2D eigenvalue weighted by atomic mass is 35.5. The van der Waals surface area contributed by atoms with Crippen LogP contribution in [0.15, 0.2) is 60.8 Å². The molecule has 3 fully saturated rings. The van der Waals surface area contributed by atoms with E-state index in [0.29, 0.717) is 5.75 Å². The van der Waals surface area contributed by atoms with Crippen molar-refractivity contribution >= 4 is 41.0 Å². The number of nitrogens with zero attached hydrogens (tertiary/aromatic N) is 5. The summed E-state index contributed by atoms with van der Waals surface area (Å²) in [6.45, 7) is 0. The molecule has 2 aliphatic carbocycles. The van der Waals surface area contributed by atoms with E-state index in [4.69, 9.17) is 16.3 Å². The number of nitrogens with one attached hydrogen (secondary N) is 1. The normalized spacial score (nSPS) is 19.9. The molecule has 1 N–H and O–H groups in total. The molecule has 13 heteroatoms. The molecule has 0 radical (unpaired) electrons. The lowest BCUT2D eigenvalue weighted by Gasteiger charge is -2.39. The number of carbonyl (C=O) groups excluding carboxylic acids is 3. The summed E-state index contributed by atoms with van der Waals surface area (Å²) in [5, 5.41) is 12.2. The van der Waals surface area contributed by atoms with Crippen LogP contribution in [0.5, 0.6) is 5.75 Å². The number of carbonyl (C=O) groups is 3. The van der Waals surface area contributed by atoms with E-state index >= 15 is 0 Å². The molecule has 3 aromatic rings. The number of amides is 3. The third kappa shape index (κ3) is 6.05. The standard InChI is InChI=1S/C31H27ClF2N6O4/c32-24-7-2-1-6-23(24)27(28(42)37-19-15-31(33,34)16-19)39(20-4-3-5-22(14-20)44-21-8-9-21)29(43)25-10-11-26(41)40(25)30-36-13-12-18(17-35)38-30/h1-7,12-14,19,21,25,27H,8-11,15-16H2,(H,37,42)/t25-,27?/m0/s1. The van der Waals surface area contributed by atoms with Gasteiger partial charge in [-0.05, 0) is 43.5 Å². The Hall–Kier alpha value is -4.63. The van der Waals surface area contributed by atoms with Crippen LogP contribution in [0.25, 0.3) is 0 Å². The second-order valence-corrected chi connectivity index (χ2v) is 11.5. The summed E-state index contributed by atoms with van der Waals surface area (Å²) in [6.07, 6.45) is 2.18. The fourth-order valence-electron chi connectivity index (χ4n) is 5.48. The Labute approximate surface area is 256 Å². The number of hydrogen-bond acceptors (Lipinski definition) is 7. The summed E-state index contributed by atoms with van der Waals surface area (Å²) < 4.78 is 33.4. The first-order valence-electron chi connectivity index (χ1n) is 14.2. The number of ether oxygens (including phenoxy) is 1. The zero-order chi connectivity index (χ0) is 31.0. The Morgan fingerprint density at radius 1 is 1.14 bits per heavy atom. The number of halogens is 3. The molecule has 0 bridgehead atoms. The molecule has 1 aliphatic heterocycles. The number of hydrogen-bond donors (Lipinski definition) is 1. The van der Waals surface area contributed by atoms with Gasteiger partial charge >= 0.3 is 0 Å². The number of alkyl halides is 2. The van der Waals surface area contributed by atoms with E-state index in [-0.39, 0.29) is 46.9 Å². The van der Waals surface area contributed by atoms with Crippen LogP contribution >= 0.6 is 11.6 Å². The average Bonchev–Trinajstić information content (AvgIpc) is 3.72. The van der Waals surface area contributed by atoms with E-state index in [2.05, 4.69) is 15.3 Å². The van der Waals surface area contributed by atoms with Crippen LogP contribution in [-0.2, 0) is 14.4 Å². The summed E-state index contributed by atoms with van der Waals surface area (Å²) in [5.41, 5.74) is 0.546. The van der Waals surface area contributed by atoms with E-state index in [0.717, 1.165) is 17.7 Å². The van der Waals surface area contributed by atoms with Gasteiger partial charge < -0.3 is 10.1 Å². The first-order chi connectivity index (χ1) is 21.1.